The summed E-state index contributed by atoms with van der Waals surface area (Å²) in [5.41, 5.74) is 1.30. The number of nitrogens with one attached hydrogen (secondary N) is 1. The van der Waals surface area contributed by atoms with E-state index in [1.54, 1.807) is 11.8 Å². The summed E-state index contributed by atoms with van der Waals surface area (Å²) in [4.78, 5) is 16.6. The van der Waals surface area contributed by atoms with Crippen molar-refractivity contribution >= 4 is 44.2 Å². The fraction of sp³-hybridized carbons (Fsp3) is 0.286. The molecule has 1 aromatic heterocycles. The van der Waals surface area contributed by atoms with Crippen molar-refractivity contribution in [3.05, 3.63) is 40.9 Å². The third-order valence-electron chi connectivity index (χ3n) is 2.96. The quantitative estimate of drug-likeness (QED) is 0.844. The van der Waals surface area contributed by atoms with Gasteiger partial charge >= 0.3 is 0 Å². The number of nitrogens with zero attached hydrogens (tertiary/aromatic N) is 2. The third-order valence-corrected chi connectivity index (χ3v) is 6.18. The van der Waals surface area contributed by atoms with E-state index in [1.807, 2.05) is 11.6 Å². The minimum absolute atomic E-state index is 0.149. The van der Waals surface area contributed by atoms with Crippen molar-refractivity contribution in [1.29, 1.82) is 0 Å². The highest BCUT2D eigenvalue weighted by Gasteiger charge is 2.17. The maximum atomic E-state index is 12.2. The Kier molecular flexibility index (Phi) is 5.79. The van der Waals surface area contributed by atoms with Gasteiger partial charge in [-0.25, -0.2) is 17.7 Å². The van der Waals surface area contributed by atoms with Crippen LogP contribution >= 0.6 is 23.1 Å². The van der Waals surface area contributed by atoms with Crippen LogP contribution in [-0.4, -0.2) is 44.0 Å². The summed E-state index contributed by atoms with van der Waals surface area (Å²) in [5.74, 6) is 0.479. The molecule has 0 aliphatic rings. The average Bonchev–Trinajstić information content (AvgIpc) is 2.94. The number of anilines is 1. The van der Waals surface area contributed by atoms with Crippen LogP contribution in [0.4, 0.5) is 5.13 Å². The highest BCUT2D eigenvalue weighted by Crippen LogP contribution is 2.20. The van der Waals surface area contributed by atoms with Crippen LogP contribution in [0.15, 0.2) is 34.5 Å². The van der Waals surface area contributed by atoms with Crippen LogP contribution in [0.2, 0.25) is 0 Å². The summed E-state index contributed by atoms with van der Waals surface area (Å²) in [6.45, 7) is 0. The fourth-order valence-electron chi connectivity index (χ4n) is 1.74. The zero-order valence-electron chi connectivity index (χ0n) is 12.9. The summed E-state index contributed by atoms with van der Waals surface area (Å²) in [7, 11) is -0.566. The van der Waals surface area contributed by atoms with Crippen molar-refractivity contribution in [3.8, 4) is 0 Å². The first-order valence-corrected chi connectivity index (χ1v) is 10.3. The van der Waals surface area contributed by atoms with E-state index in [2.05, 4.69) is 10.3 Å². The maximum Gasteiger partial charge on any atom is 0.257 e. The number of aromatic nitrogens is 1. The Hall–Kier alpha value is -1.42. The molecule has 0 radical (unpaired) electrons. The molecule has 2 rings (SSSR count). The van der Waals surface area contributed by atoms with E-state index in [0.29, 0.717) is 10.7 Å². The van der Waals surface area contributed by atoms with Gasteiger partial charge < -0.3 is 0 Å². The highest BCUT2D eigenvalue weighted by molar-refractivity contribution is 7.97. The third kappa shape index (κ3) is 4.31. The smallest absolute Gasteiger partial charge is 0.257 e. The number of benzene rings is 1. The number of carbonyl (C=O) groups is 1. The SMILES string of the molecule is CSCc1csc(NC(=O)c2ccc(S(=O)(=O)N(C)C)cc2)n1. The summed E-state index contributed by atoms with van der Waals surface area (Å²) in [6.07, 6.45) is 1.99. The molecule has 2 aromatic rings. The molecule has 23 heavy (non-hydrogen) atoms. The molecule has 1 heterocycles. The predicted molar refractivity (Wildman–Crippen MR) is 94.6 cm³/mol. The van der Waals surface area contributed by atoms with Crippen LogP contribution in [0.5, 0.6) is 0 Å². The van der Waals surface area contributed by atoms with Gasteiger partial charge in [0.25, 0.3) is 5.91 Å². The Bertz CT molecular complexity index is 783. The van der Waals surface area contributed by atoms with E-state index in [-0.39, 0.29) is 10.8 Å². The average molecular weight is 372 g/mol. The first kappa shape index (κ1) is 17.9. The van der Waals surface area contributed by atoms with Crippen molar-refractivity contribution in [2.75, 3.05) is 25.7 Å². The highest BCUT2D eigenvalue weighted by atomic mass is 32.2. The minimum atomic E-state index is -3.49. The second kappa shape index (κ2) is 7.43. The molecule has 9 heteroatoms. The van der Waals surface area contributed by atoms with Gasteiger partial charge in [-0.15, -0.1) is 11.3 Å². The van der Waals surface area contributed by atoms with Crippen LogP contribution in [0.3, 0.4) is 0 Å². The van der Waals surface area contributed by atoms with Gasteiger partial charge in [-0.05, 0) is 30.5 Å². The molecule has 1 N–H and O–H groups in total. The summed E-state index contributed by atoms with van der Waals surface area (Å²) >= 11 is 3.02. The predicted octanol–water partition coefficient (Wildman–Crippen LogP) is 2.51. The van der Waals surface area contributed by atoms with E-state index in [9.17, 15) is 13.2 Å². The minimum Gasteiger partial charge on any atom is -0.298 e. The lowest BCUT2D eigenvalue weighted by Gasteiger charge is -2.11. The van der Waals surface area contributed by atoms with Crippen molar-refractivity contribution in [2.45, 2.75) is 10.6 Å². The number of thioether (sulfide) groups is 1. The molecular formula is C14H17N3O3S3. The number of carbonyl (C=O) groups excluding carboxylic acids is 1. The lowest BCUT2D eigenvalue weighted by molar-refractivity contribution is 0.102. The van der Waals surface area contributed by atoms with Crippen molar-refractivity contribution < 1.29 is 13.2 Å². The van der Waals surface area contributed by atoms with Crippen LogP contribution in [0, 0.1) is 0 Å². The zero-order chi connectivity index (χ0) is 17.0. The van der Waals surface area contributed by atoms with Crippen molar-refractivity contribution in [1.82, 2.24) is 9.29 Å². The lowest BCUT2D eigenvalue weighted by atomic mass is 10.2. The van der Waals surface area contributed by atoms with E-state index >= 15 is 0 Å². The molecule has 0 spiro atoms. The molecule has 6 nitrogen and oxygen atoms in total. The van der Waals surface area contributed by atoms with Gasteiger partial charge in [-0.1, -0.05) is 0 Å². The fourth-order valence-corrected chi connectivity index (χ4v) is 3.89. The van der Waals surface area contributed by atoms with Gasteiger partial charge in [0.05, 0.1) is 10.6 Å². The molecule has 0 aliphatic heterocycles. The maximum absolute atomic E-state index is 12.2. The van der Waals surface area contributed by atoms with Gasteiger partial charge in [-0.2, -0.15) is 11.8 Å². The number of hydrogen-bond donors (Lipinski definition) is 1. The van der Waals surface area contributed by atoms with E-state index in [4.69, 9.17) is 0 Å². The standard InChI is InChI=1S/C14H17N3O3S3/c1-17(2)23(19,20)12-6-4-10(5-7-12)13(18)16-14-15-11(8-21-3)9-22-14/h4-7,9H,8H2,1-3H3,(H,15,16,18). The monoisotopic (exact) mass is 371 g/mol. The Balaban J connectivity index is 2.11. The number of sulfonamides is 1. The summed E-state index contributed by atoms with van der Waals surface area (Å²) < 4.78 is 25.1. The van der Waals surface area contributed by atoms with Crippen LogP contribution < -0.4 is 5.32 Å². The second-order valence-electron chi connectivity index (χ2n) is 4.84. The molecule has 0 fully saturated rings. The van der Waals surface area contributed by atoms with Gasteiger partial charge in [0.1, 0.15) is 0 Å². The number of rotatable bonds is 6. The second-order valence-corrected chi connectivity index (χ2v) is 8.72. The van der Waals surface area contributed by atoms with Crippen molar-refractivity contribution in [3.63, 3.8) is 0 Å². The van der Waals surface area contributed by atoms with E-state index in [0.717, 1.165) is 15.8 Å². The molecule has 0 saturated heterocycles. The Morgan fingerprint density at radius 1 is 1.30 bits per heavy atom. The normalized spacial score (nSPS) is 11.7. The van der Waals surface area contributed by atoms with E-state index < -0.39 is 10.0 Å². The first-order valence-electron chi connectivity index (χ1n) is 6.62. The van der Waals surface area contributed by atoms with Gasteiger partial charge in [-0.3, -0.25) is 10.1 Å². The molecule has 0 saturated carbocycles. The molecule has 0 bridgehead atoms. The van der Waals surface area contributed by atoms with Gasteiger partial charge in [0.2, 0.25) is 10.0 Å². The molecule has 0 atom stereocenters. The molecule has 0 unspecified atom stereocenters. The first-order chi connectivity index (χ1) is 10.8. The zero-order valence-corrected chi connectivity index (χ0v) is 15.4. The van der Waals surface area contributed by atoms with Crippen LogP contribution in [0.25, 0.3) is 0 Å². The van der Waals surface area contributed by atoms with Gasteiger partial charge in [0, 0.05) is 30.8 Å². The number of hydrogen-bond acceptors (Lipinski definition) is 6. The largest absolute Gasteiger partial charge is 0.298 e. The van der Waals surface area contributed by atoms with Crippen molar-refractivity contribution in [2.24, 2.45) is 0 Å². The Morgan fingerprint density at radius 2 is 1.96 bits per heavy atom. The Morgan fingerprint density at radius 3 is 2.52 bits per heavy atom. The molecule has 1 amide bonds. The summed E-state index contributed by atoms with van der Waals surface area (Å²) in [5, 5.41) is 5.15. The Labute approximate surface area is 144 Å². The van der Waals surface area contributed by atoms with E-state index in [1.165, 1.54) is 49.7 Å². The number of amides is 1. The molecular weight excluding hydrogens is 354 g/mol. The molecule has 1 aromatic carbocycles. The number of thiazole rings is 1. The topological polar surface area (TPSA) is 79.4 Å². The molecule has 124 valence electrons. The molecule has 0 aliphatic carbocycles. The lowest BCUT2D eigenvalue weighted by Crippen LogP contribution is -2.22. The van der Waals surface area contributed by atoms with Crippen LogP contribution in [0.1, 0.15) is 16.1 Å². The van der Waals surface area contributed by atoms with Gasteiger partial charge in [0.15, 0.2) is 5.13 Å². The van der Waals surface area contributed by atoms with Crippen LogP contribution in [-0.2, 0) is 15.8 Å². The summed E-state index contributed by atoms with van der Waals surface area (Å²) in [6, 6.07) is 5.82.